The first-order valence-corrected chi connectivity index (χ1v) is 3.97. The van der Waals surface area contributed by atoms with Crippen molar-refractivity contribution in [2.45, 2.75) is 0 Å². The van der Waals surface area contributed by atoms with Crippen molar-refractivity contribution in [2.75, 3.05) is 11.9 Å². The van der Waals surface area contributed by atoms with Gasteiger partial charge in [0.2, 0.25) is 0 Å². The summed E-state index contributed by atoms with van der Waals surface area (Å²) in [6.07, 6.45) is 0. The Bertz CT molecular complexity index is 347. The number of non-ortho nitro benzene ring substituents is 1. The summed E-state index contributed by atoms with van der Waals surface area (Å²) in [6.45, 7) is 0.136. The number of benzene rings is 1. The van der Waals surface area contributed by atoms with E-state index < -0.39 is 4.92 Å². The second-order valence-electron chi connectivity index (χ2n) is 2.60. The van der Waals surface area contributed by atoms with E-state index in [0.29, 0.717) is 5.69 Å². The van der Waals surface area contributed by atoms with Crippen LogP contribution in [0.3, 0.4) is 0 Å². The lowest BCUT2D eigenvalue weighted by Gasteiger charge is -2.00. The monoisotopic (exact) mass is 196 g/mol. The topological polar surface area (TPSA) is 99.9 Å². The fourth-order valence-corrected chi connectivity index (χ4v) is 0.890. The fraction of sp³-hybridized carbons (Fsp3) is 0.125. The molecule has 0 fully saturated rings. The molecule has 6 nitrogen and oxygen atoms in total. The molecule has 1 aromatic carbocycles. The highest BCUT2D eigenvalue weighted by Gasteiger charge is 2.05. The fourth-order valence-electron chi connectivity index (χ4n) is 0.890. The summed E-state index contributed by atoms with van der Waals surface area (Å²) in [6, 6.07) is 5.62. The molecule has 1 aromatic rings. The molecule has 1 rings (SSSR count). The maximum absolute atomic E-state index is 10.9. The largest absolute Gasteiger partial charge is 0.350 e. The standard InChI is InChI=1S/C8H9N3O3/c9-5-8(12)10-6-1-3-7(4-2-6)11(13)14/h1-4H,5,9H2,(H,10,12)/p+1. The van der Waals surface area contributed by atoms with E-state index in [1.165, 1.54) is 24.3 Å². The zero-order chi connectivity index (χ0) is 10.6. The number of carbonyl (C=O) groups is 1. The predicted octanol–water partition coefficient (Wildman–Crippen LogP) is -0.225. The van der Waals surface area contributed by atoms with Crippen LogP contribution >= 0.6 is 0 Å². The summed E-state index contributed by atoms with van der Waals surface area (Å²) < 4.78 is 0. The summed E-state index contributed by atoms with van der Waals surface area (Å²) in [5.41, 5.74) is 3.94. The second-order valence-corrected chi connectivity index (χ2v) is 2.60. The van der Waals surface area contributed by atoms with Gasteiger partial charge in [-0.1, -0.05) is 0 Å². The van der Waals surface area contributed by atoms with Crippen molar-refractivity contribution in [3.63, 3.8) is 0 Å². The second kappa shape index (κ2) is 4.33. The van der Waals surface area contributed by atoms with E-state index in [9.17, 15) is 14.9 Å². The molecule has 0 spiro atoms. The SMILES string of the molecule is [NH3+]CC(=O)Nc1ccc([N+](=O)[O-])cc1. The van der Waals surface area contributed by atoms with E-state index in [4.69, 9.17) is 0 Å². The van der Waals surface area contributed by atoms with Gasteiger partial charge in [-0.05, 0) is 12.1 Å². The van der Waals surface area contributed by atoms with Crippen LogP contribution in [0.2, 0.25) is 0 Å². The molecule has 0 radical (unpaired) electrons. The third-order valence-electron chi connectivity index (χ3n) is 1.59. The Balaban J connectivity index is 2.73. The van der Waals surface area contributed by atoms with Crippen LogP contribution < -0.4 is 11.1 Å². The lowest BCUT2D eigenvalue weighted by atomic mass is 10.3. The zero-order valence-electron chi connectivity index (χ0n) is 7.40. The number of nitro groups is 1. The van der Waals surface area contributed by atoms with Gasteiger partial charge in [-0.25, -0.2) is 0 Å². The third kappa shape index (κ3) is 2.53. The van der Waals surface area contributed by atoms with Crippen molar-refractivity contribution in [2.24, 2.45) is 0 Å². The normalized spacial score (nSPS) is 9.50. The number of nitrogens with one attached hydrogen (secondary N) is 1. The van der Waals surface area contributed by atoms with Crippen molar-refractivity contribution in [1.82, 2.24) is 0 Å². The van der Waals surface area contributed by atoms with E-state index in [2.05, 4.69) is 11.1 Å². The third-order valence-corrected chi connectivity index (χ3v) is 1.59. The molecule has 0 bridgehead atoms. The minimum absolute atomic E-state index is 0.00220. The molecule has 0 aliphatic rings. The van der Waals surface area contributed by atoms with Gasteiger partial charge in [-0.2, -0.15) is 0 Å². The Morgan fingerprint density at radius 3 is 2.43 bits per heavy atom. The quantitative estimate of drug-likeness (QED) is 0.516. The van der Waals surface area contributed by atoms with Gasteiger partial charge < -0.3 is 11.1 Å². The number of nitrogens with zero attached hydrogens (tertiary/aromatic N) is 1. The summed E-state index contributed by atoms with van der Waals surface area (Å²) in [4.78, 5) is 20.7. The average molecular weight is 196 g/mol. The highest BCUT2D eigenvalue weighted by Crippen LogP contribution is 2.14. The summed E-state index contributed by atoms with van der Waals surface area (Å²) >= 11 is 0. The van der Waals surface area contributed by atoms with Gasteiger partial charge in [0.05, 0.1) is 4.92 Å². The molecule has 74 valence electrons. The molecular formula is C8H10N3O3+. The lowest BCUT2D eigenvalue weighted by Crippen LogP contribution is -2.55. The minimum atomic E-state index is -0.493. The van der Waals surface area contributed by atoms with Gasteiger partial charge in [0, 0.05) is 17.8 Å². The van der Waals surface area contributed by atoms with Crippen LogP contribution in [0.1, 0.15) is 0 Å². The highest BCUT2D eigenvalue weighted by atomic mass is 16.6. The first-order valence-electron chi connectivity index (χ1n) is 3.97. The van der Waals surface area contributed by atoms with Crippen LogP contribution in [0.4, 0.5) is 11.4 Å². The van der Waals surface area contributed by atoms with Gasteiger partial charge in [0.1, 0.15) is 0 Å². The first-order chi connectivity index (χ1) is 6.63. The Hall–Kier alpha value is -1.95. The van der Waals surface area contributed by atoms with Crippen molar-refractivity contribution in [3.8, 4) is 0 Å². The number of amides is 1. The summed E-state index contributed by atoms with van der Waals surface area (Å²) in [5.74, 6) is -0.223. The van der Waals surface area contributed by atoms with Crippen molar-refractivity contribution in [3.05, 3.63) is 34.4 Å². The van der Waals surface area contributed by atoms with Crippen LogP contribution in [0.25, 0.3) is 0 Å². The van der Waals surface area contributed by atoms with Gasteiger partial charge >= 0.3 is 0 Å². The molecule has 0 aromatic heterocycles. The molecule has 4 N–H and O–H groups in total. The predicted molar refractivity (Wildman–Crippen MR) is 49.5 cm³/mol. The van der Waals surface area contributed by atoms with Gasteiger partial charge in [0.15, 0.2) is 6.54 Å². The van der Waals surface area contributed by atoms with Gasteiger partial charge in [-0.3, -0.25) is 14.9 Å². The smallest absolute Gasteiger partial charge is 0.279 e. The molecule has 0 saturated heterocycles. The Morgan fingerprint density at radius 2 is 2.00 bits per heavy atom. The number of anilines is 1. The minimum Gasteiger partial charge on any atom is -0.350 e. The van der Waals surface area contributed by atoms with Gasteiger partial charge in [-0.15, -0.1) is 0 Å². The van der Waals surface area contributed by atoms with Crippen LogP contribution in [-0.4, -0.2) is 17.4 Å². The highest BCUT2D eigenvalue weighted by molar-refractivity contribution is 5.91. The van der Waals surface area contributed by atoms with Crippen molar-refractivity contribution < 1.29 is 15.5 Å². The molecule has 6 heteroatoms. The molecule has 0 unspecified atom stereocenters. The molecule has 0 atom stereocenters. The van der Waals surface area contributed by atoms with E-state index in [1.54, 1.807) is 0 Å². The van der Waals surface area contributed by atoms with Crippen molar-refractivity contribution >= 4 is 17.3 Å². The molecule has 0 aliphatic heterocycles. The number of rotatable bonds is 3. The molecule has 14 heavy (non-hydrogen) atoms. The van der Waals surface area contributed by atoms with Crippen LogP contribution in [0.15, 0.2) is 24.3 Å². The van der Waals surface area contributed by atoms with E-state index in [-0.39, 0.29) is 18.1 Å². The molecule has 0 heterocycles. The number of nitro benzene ring substituents is 1. The Morgan fingerprint density at radius 1 is 1.43 bits per heavy atom. The van der Waals surface area contributed by atoms with Crippen LogP contribution in [-0.2, 0) is 4.79 Å². The maximum atomic E-state index is 10.9. The van der Waals surface area contributed by atoms with Gasteiger partial charge in [0.25, 0.3) is 11.6 Å². The van der Waals surface area contributed by atoms with Crippen LogP contribution in [0.5, 0.6) is 0 Å². The first kappa shape index (κ1) is 10.1. The lowest BCUT2D eigenvalue weighted by molar-refractivity contribution is -0.384. The molecule has 0 saturated carbocycles. The molecule has 1 amide bonds. The maximum Gasteiger partial charge on any atom is 0.279 e. The van der Waals surface area contributed by atoms with Crippen LogP contribution in [0, 0.1) is 10.1 Å². The number of hydrogen-bond donors (Lipinski definition) is 2. The number of quaternary nitrogens is 1. The summed E-state index contributed by atoms with van der Waals surface area (Å²) in [5, 5.41) is 12.8. The van der Waals surface area contributed by atoms with E-state index in [1.807, 2.05) is 0 Å². The molecule has 0 aliphatic carbocycles. The summed E-state index contributed by atoms with van der Waals surface area (Å²) in [7, 11) is 0. The van der Waals surface area contributed by atoms with Crippen molar-refractivity contribution in [1.29, 1.82) is 0 Å². The number of carbonyl (C=O) groups excluding carboxylic acids is 1. The Labute approximate surface area is 79.9 Å². The molecular weight excluding hydrogens is 186 g/mol. The Kier molecular flexibility index (Phi) is 3.14. The average Bonchev–Trinajstić information content (AvgIpc) is 2.18. The van der Waals surface area contributed by atoms with E-state index in [0.717, 1.165) is 0 Å². The number of hydrogen-bond acceptors (Lipinski definition) is 3. The van der Waals surface area contributed by atoms with E-state index >= 15 is 0 Å². The zero-order valence-corrected chi connectivity index (χ0v) is 7.40.